The zero-order valence-corrected chi connectivity index (χ0v) is 14.3. The van der Waals surface area contributed by atoms with Gasteiger partial charge in [-0.25, -0.2) is 13.1 Å². The molecule has 0 aliphatic rings. The van der Waals surface area contributed by atoms with Crippen LogP contribution < -0.4 is 0 Å². The summed E-state index contributed by atoms with van der Waals surface area (Å²) in [6.45, 7) is 1.98. The van der Waals surface area contributed by atoms with E-state index in [0.29, 0.717) is 9.92 Å². The lowest BCUT2D eigenvalue weighted by molar-refractivity contribution is 0.602. The van der Waals surface area contributed by atoms with Gasteiger partial charge in [-0.05, 0) is 48.9 Å². The van der Waals surface area contributed by atoms with Crippen LogP contribution in [0.1, 0.15) is 5.56 Å². The summed E-state index contributed by atoms with van der Waals surface area (Å²) in [5.41, 5.74) is 3.69. The molecular formula is C17H15ClN2O2S. The summed E-state index contributed by atoms with van der Waals surface area (Å²) in [7, 11) is -3.19. The number of hydrogen-bond donors (Lipinski definition) is 0. The standard InChI is InChI=1S/C17H15ClN2O2S/c1-12-11-20(15-7-9-16(10-8-15)23(2,21)22)19-17(12)13-3-5-14(18)6-4-13/h3-11H,1-2H3. The third kappa shape index (κ3) is 3.30. The molecule has 0 aliphatic carbocycles. The van der Waals surface area contributed by atoms with Gasteiger partial charge in [0.2, 0.25) is 0 Å². The van der Waals surface area contributed by atoms with Crippen LogP contribution >= 0.6 is 11.6 Å². The third-order valence-electron chi connectivity index (χ3n) is 3.54. The van der Waals surface area contributed by atoms with E-state index in [-0.39, 0.29) is 0 Å². The first kappa shape index (κ1) is 15.8. The smallest absolute Gasteiger partial charge is 0.175 e. The SMILES string of the molecule is Cc1cn(-c2ccc(S(C)(=O)=O)cc2)nc1-c1ccc(Cl)cc1. The van der Waals surface area contributed by atoms with Gasteiger partial charge in [-0.1, -0.05) is 23.7 Å². The van der Waals surface area contributed by atoms with Gasteiger partial charge < -0.3 is 0 Å². The maximum Gasteiger partial charge on any atom is 0.175 e. The van der Waals surface area contributed by atoms with Crippen molar-refractivity contribution in [2.45, 2.75) is 11.8 Å². The molecule has 3 aromatic rings. The maximum absolute atomic E-state index is 11.5. The summed E-state index contributed by atoms with van der Waals surface area (Å²) in [5, 5.41) is 5.28. The number of hydrogen-bond acceptors (Lipinski definition) is 3. The first-order chi connectivity index (χ1) is 10.8. The van der Waals surface area contributed by atoms with Crippen molar-refractivity contribution in [1.82, 2.24) is 9.78 Å². The second kappa shape index (κ2) is 5.83. The largest absolute Gasteiger partial charge is 0.240 e. The number of aryl methyl sites for hydroxylation is 1. The molecule has 0 unspecified atom stereocenters. The van der Waals surface area contributed by atoms with Crippen LogP contribution in [0, 0.1) is 6.92 Å². The Morgan fingerprint density at radius 3 is 2.17 bits per heavy atom. The van der Waals surface area contributed by atoms with Gasteiger partial charge in [0.15, 0.2) is 9.84 Å². The van der Waals surface area contributed by atoms with Crippen LogP contribution in [-0.2, 0) is 9.84 Å². The summed E-state index contributed by atoms with van der Waals surface area (Å²) < 4.78 is 24.8. The highest BCUT2D eigenvalue weighted by Crippen LogP contribution is 2.24. The molecule has 3 rings (SSSR count). The first-order valence-corrected chi connectivity index (χ1v) is 9.24. The molecule has 1 aromatic heterocycles. The lowest BCUT2D eigenvalue weighted by atomic mass is 10.1. The van der Waals surface area contributed by atoms with Crippen molar-refractivity contribution in [3.63, 3.8) is 0 Å². The number of halogens is 1. The van der Waals surface area contributed by atoms with E-state index >= 15 is 0 Å². The molecule has 0 bridgehead atoms. The molecule has 0 saturated carbocycles. The van der Waals surface area contributed by atoms with Crippen LogP contribution in [0.5, 0.6) is 0 Å². The molecule has 0 spiro atoms. The molecule has 0 amide bonds. The lowest BCUT2D eigenvalue weighted by Crippen LogP contribution is -1.99. The Labute approximate surface area is 140 Å². The predicted octanol–water partition coefficient (Wildman–Crippen LogP) is 3.90. The highest BCUT2D eigenvalue weighted by Gasteiger charge is 2.10. The predicted molar refractivity (Wildman–Crippen MR) is 91.9 cm³/mol. The van der Waals surface area contributed by atoms with Gasteiger partial charge in [0.1, 0.15) is 0 Å². The van der Waals surface area contributed by atoms with Gasteiger partial charge in [0, 0.05) is 23.0 Å². The summed E-state index contributed by atoms with van der Waals surface area (Å²) in [6.07, 6.45) is 3.11. The van der Waals surface area contributed by atoms with E-state index in [1.165, 1.54) is 6.26 Å². The van der Waals surface area contributed by atoms with Gasteiger partial charge in [-0.2, -0.15) is 5.10 Å². The van der Waals surface area contributed by atoms with E-state index in [1.54, 1.807) is 28.9 Å². The van der Waals surface area contributed by atoms with Gasteiger partial charge in [-0.15, -0.1) is 0 Å². The molecule has 0 atom stereocenters. The van der Waals surface area contributed by atoms with Gasteiger partial charge in [-0.3, -0.25) is 0 Å². The summed E-state index contributed by atoms with van der Waals surface area (Å²) in [6, 6.07) is 14.2. The van der Waals surface area contributed by atoms with E-state index in [4.69, 9.17) is 11.6 Å². The zero-order chi connectivity index (χ0) is 16.6. The van der Waals surface area contributed by atoms with E-state index in [9.17, 15) is 8.42 Å². The fourth-order valence-electron chi connectivity index (χ4n) is 2.33. The molecular weight excluding hydrogens is 332 g/mol. The number of sulfone groups is 1. The van der Waals surface area contributed by atoms with E-state index < -0.39 is 9.84 Å². The topological polar surface area (TPSA) is 52.0 Å². The van der Waals surface area contributed by atoms with Crippen LogP contribution in [0.3, 0.4) is 0 Å². The molecule has 0 saturated heterocycles. The van der Waals surface area contributed by atoms with Gasteiger partial charge >= 0.3 is 0 Å². The molecule has 0 fully saturated rings. The van der Waals surface area contributed by atoms with Crippen molar-refractivity contribution < 1.29 is 8.42 Å². The first-order valence-electron chi connectivity index (χ1n) is 6.97. The Morgan fingerprint density at radius 1 is 1.00 bits per heavy atom. The Morgan fingerprint density at radius 2 is 1.61 bits per heavy atom. The Balaban J connectivity index is 1.99. The highest BCUT2D eigenvalue weighted by atomic mass is 35.5. The molecule has 0 N–H and O–H groups in total. The second-order valence-corrected chi connectivity index (χ2v) is 7.83. The Kier molecular flexibility index (Phi) is 4.00. The van der Waals surface area contributed by atoms with Crippen LogP contribution in [0.25, 0.3) is 16.9 Å². The van der Waals surface area contributed by atoms with Crippen LogP contribution in [0.4, 0.5) is 0 Å². The molecule has 6 heteroatoms. The normalized spacial score (nSPS) is 11.6. The Hall–Kier alpha value is -2.11. The van der Waals surface area contributed by atoms with E-state index in [2.05, 4.69) is 5.10 Å². The summed E-state index contributed by atoms with van der Waals surface area (Å²) in [5.74, 6) is 0. The van der Waals surface area contributed by atoms with E-state index in [1.807, 2.05) is 37.4 Å². The maximum atomic E-state index is 11.5. The number of nitrogens with zero attached hydrogens (tertiary/aromatic N) is 2. The quantitative estimate of drug-likeness (QED) is 0.722. The van der Waals surface area contributed by atoms with Crippen molar-refractivity contribution in [3.05, 3.63) is 65.3 Å². The fourth-order valence-corrected chi connectivity index (χ4v) is 3.09. The summed E-state index contributed by atoms with van der Waals surface area (Å²) in [4.78, 5) is 0.294. The molecule has 4 nitrogen and oxygen atoms in total. The van der Waals surface area contributed by atoms with Crippen molar-refractivity contribution in [3.8, 4) is 16.9 Å². The van der Waals surface area contributed by atoms with Gasteiger partial charge in [0.05, 0.1) is 16.3 Å². The van der Waals surface area contributed by atoms with Crippen molar-refractivity contribution in [1.29, 1.82) is 0 Å². The average molecular weight is 347 g/mol. The second-order valence-electron chi connectivity index (χ2n) is 5.38. The average Bonchev–Trinajstić information content (AvgIpc) is 2.89. The minimum atomic E-state index is -3.19. The number of rotatable bonds is 3. The Bertz CT molecular complexity index is 943. The van der Waals surface area contributed by atoms with Crippen molar-refractivity contribution in [2.24, 2.45) is 0 Å². The van der Waals surface area contributed by atoms with Gasteiger partial charge in [0.25, 0.3) is 0 Å². The minimum Gasteiger partial charge on any atom is -0.240 e. The third-order valence-corrected chi connectivity index (χ3v) is 4.92. The fraction of sp³-hybridized carbons (Fsp3) is 0.118. The van der Waals surface area contributed by atoms with Crippen LogP contribution in [-0.4, -0.2) is 24.5 Å². The highest BCUT2D eigenvalue weighted by molar-refractivity contribution is 7.90. The molecule has 0 aliphatic heterocycles. The zero-order valence-electron chi connectivity index (χ0n) is 12.7. The number of benzene rings is 2. The molecule has 118 valence electrons. The summed E-state index contributed by atoms with van der Waals surface area (Å²) >= 11 is 5.92. The monoisotopic (exact) mass is 346 g/mol. The lowest BCUT2D eigenvalue weighted by Gasteiger charge is -2.03. The van der Waals surface area contributed by atoms with Crippen molar-refractivity contribution in [2.75, 3.05) is 6.26 Å². The van der Waals surface area contributed by atoms with Crippen molar-refractivity contribution >= 4 is 21.4 Å². The van der Waals surface area contributed by atoms with Crippen LogP contribution in [0.15, 0.2) is 59.6 Å². The van der Waals surface area contributed by atoms with E-state index in [0.717, 1.165) is 22.5 Å². The molecule has 23 heavy (non-hydrogen) atoms. The molecule has 0 radical (unpaired) electrons. The minimum absolute atomic E-state index is 0.294. The number of aromatic nitrogens is 2. The van der Waals surface area contributed by atoms with Crippen LogP contribution in [0.2, 0.25) is 5.02 Å². The molecule has 1 heterocycles. The molecule has 2 aromatic carbocycles.